The van der Waals surface area contributed by atoms with Gasteiger partial charge in [0.2, 0.25) is 0 Å². The Morgan fingerprint density at radius 1 is 1.15 bits per heavy atom. The molecule has 0 spiro atoms. The van der Waals surface area contributed by atoms with Gasteiger partial charge in [-0.1, -0.05) is 36.8 Å². The number of hydrogen-bond acceptors (Lipinski definition) is 2. The van der Waals surface area contributed by atoms with Crippen LogP contribution < -0.4 is 0 Å². The Hall–Kier alpha value is -0.470. The SMILES string of the molecule is [S-]C1(c2ccccc2)CCCCO1. The molecule has 2 heteroatoms. The van der Waals surface area contributed by atoms with E-state index in [0.29, 0.717) is 0 Å². The lowest BCUT2D eigenvalue weighted by atomic mass is 10.0. The van der Waals surface area contributed by atoms with Crippen molar-refractivity contribution < 1.29 is 4.74 Å². The van der Waals surface area contributed by atoms with E-state index in [0.717, 1.165) is 25.0 Å². The molecule has 1 aliphatic heterocycles. The van der Waals surface area contributed by atoms with Crippen LogP contribution in [0.1, 0.15) is 24.8 Å². The molecule has 2 rings (SSSR count). The van der Waals surface area contributed by atoms with Gasteiger partial charge in [0.05, 0.1) is 0 Å². The van der Waals surface area contributed by atoms with Crippen molar-refractivity contribution in [3.63, 3.8) is 0 Å². The molecule has 1 fully saturated rings. The molecule has 0 N–H and O–H groups in total. The Morgan fingerprint density at radius 2 is 1.92 bits per heavy atom. The summed E-state index contributed by atoms with van der Waals surface area (Å²) in [5.74, 6) is 0. The van der Waals surface area contributed by atoms with Crippen molar-refractivity contribution in [2.75, 3.05) is 6.61 Å². The van der Waals surface area contributed by atoms with Crippen LogP contribution in [0.2, 0.25) is 0 Å². The van der Waals surface area contributed by atoms with Gasteiger partial charge >= 0.3 is 0 Å². The minimum absolute atomic E-state index is 0.445. The summed E-state index contributed by atoms with van der Waals surface area (Å²) in [4.78, 5) is -0.445. The highest BCUT2D eigenvalue weighted by Gasteiger charge is 2.20. The van der Waals surface area contributed by atoms with Gasteiger partial charge in [-0.25, -0.2) is 0 Å². The summed E-state index contributed by atoms with van der Waals surface area (Å²) >= 11 is 5.50. The van der Waals surface area contributed by atoms with Gasteiger partial charge in [0.25, 0.3) is 0 Å². The molecule has 1 saturated heterocycles. The number of hydrogen-bond donors (Lipinski definition) is 0. The predicted octanol–water partition coefficient (Wildman–Crippen LogP) is 2.59. The van der Waals surface area contributed by atoms with Crippen molar-refractivity contribution in [3.8, 4) is 0 Å². The predicted molar refractivity (Wildman–Crippen MR) is 55.3 cm³/mol. The summed E-state index contributed by atoms with van der Waals surface area (Å²) < 4.78 is 5.67. The molecule has 1 nitrogen and oxygen atoms in total. The molecule has 1 aliphatic rings. The van der Waals surface area contributed by atoms with Crippen molar-refractivity contribution in [2.45, 2.75) is 24.2 Å². The van der Waals surface area contributed by atoms with Crippen LogP contribution in [0, 0.1) is 0 Å². The van der Waals surface area contributed by atoms with Gasteiger partial charge in [0, 0.05) is 6.61 Å². The van der Waals surface area contributed by atoms with Crippen LogP contribution in [0.25, 0.3) is 0 Å². The first-order valence-electron chi connectivity index (χ1n) is 4.71. The van der Waals surface area contributed by atoms with E-state index >= 15 is 0 Å². The van der Waals surface area contributed by atoms with Crippen molar-refractivity contribution in [2.24, 2.45) is 0 Å². The molecule has 13 heavy (non-hydrogen) atoms. The fraction of sp³-hybridized carbons (Fsp3) is 0.455. The summed E-state index contributed by atoms with van der Waals surface area (Å²) in [6.07, 6.45) is 3.29. The van der Waals surface area contributed by atoms with Gasteiger partial charge in [0.15, 0.2) is 0 Å². The van der Waals surface area contributed by atoms with E-state index < -0.39 is 4.93 Å². The smallest absolute Gasteiger partial charge is 0.0451 e. The first-order valence-corrected chi connectivity index (χ1v) is 5.12. The van der Waals surface area contributed by atoms with E-state index in [1.54, 1.807) is 0 Å². The maximum absolute atomic E-state index is 5.67. The van der Waals surface area contributed by atoms with E-state index in [4.69, 9.17) is 17.4 Å². The molecule has 0 saturated carbocycles. The lowest BCUT2D eigenvalue weighted by Crippen LogP contribution is -2.30. The second kappa shape index (κ2) is 3.72. The zero-order valence-corrected chi connectivity index (χ0v) is 8.35. The lowest BCUT2D eigenvalue weighted by molar-refractivity contribution is -0.0131. The molecule has 1 aromatic rings. The van der Waals surface area contributed by atoms with Crippen LogP contribution in [-0.2, 0) is 22.3 Å². The molecular formula is C11H13OS-. The Morgan fingerprint density at radius 3 is 2.54 bits per heavy atom. The van der Waals surface area contributed by atoms with Gasteiger partial charge in [-0.15, -0.1) is 0 Å². The third-order valence-electron chi connectivity index (χ3n) is 2.45. The Labute approximate surface area is 84.5 Å². The van der Waals surface area contributed by atoms with Crippen molar-refractivity contribution >= 4 is 12.6 Å². The molecule has 0 bridgehead atoms. The quantitative estimate of drug-likeness (QED) is 0.634. The Balaban J connectivity index is 2.23. The molecule has 0 radical (unpaired) electrons. The van der Waals surface area contributed by atoms with Gasteiger partial charge in [-0.05, 0) is 23.3 Å². The van der Waals surface area contributed by atoms with E-state index in [2.05, 4.69) is 12.1 Å². The highest BCUT2D eigenvalue weighted by atomic mass is 32.1. The van der Waals surface area contributed by atoms with E-state index in [1.807, 2.05) is 18.2 Å². The van der Waals surface area contributed by atoms with Crippen LogP contribution in [0.3, 0.4) is 0 Å². The van der Waals surface area contributed by atoms with E-state index in [1.165, 1.54) is 6.42 Å². The van der Waals surface area contributed by atoms with Crippen LogP contribution in [0.5, 0.6) is 0 Å². The summed E-state index contributed by atoms with van der Waals surface area (Å²) in [6.45, 7) is 0.804. The van der Waals surface area contributed by atoms with Crippen molar-refractivity contribution in [3.05, 3.63) is 35.9 Å². The maximum Gasteiger partial charge on any atom is 0.0451 e. The van der Waals surface area contributed by atoms with Crippen LogP contribution in [-0.4, -0.2) is 6.61 Å². The molecule has 1 unspecified atom stereocenters. The highest BCUT2D eigenvalue weighted by molar-refractivity contribution is 7.59. The molecule has 0 aromatic heterocycles. The highest BCUT2D eigenvalue weighted by Crippen LogP contribution is 2.33. The molecule has 1 aromatic carbocycles. The van der Waals surface area contributed by atoms with Gasteiger partial charge in [-0.3, -0.25) is 0 Å². The summed E-state index contributed by atoms with van der Waals surface area (Å²) in [6, 6.07) is 10.1. The number of benzene rings is 1. The zero-order chi connectivity index (χ0) is 9.15. The number of rotatable bonds is 1. The third-order valence-corrected chi connectivity index (χ3v) is 3.01. The normalized spacial score (nSPS) is 28.7. The monoisotopic (exact) mass is 193 g/mol. The van der Waals surface area contributed by atoms with Crippen molar-refractivity contribution in [1.82, 2.24) is 0 Å². The van der Waals surface area contributed by atoms with Crippen LogP contribution in [0.15, 0.2) is 30.3 Å². The standard InChI is InChI=1S/C11H14OS/c13-11(8-4-5-9-12-11)10-6-2-1-3-7-10/h1-3,6-7,13H,4-5,8-9H2/p-1. The first-order chi connectivity index (χ1) is 6.31. The van der Waals surface area contributed by atoms with Gasteiger partial charge in [-0.2, -0.15) is 0 Å². The van der Waals surface area contributed by atoms with Gasteiger partial charge in [0.1, 0.15) is 0 Å². The van der Waals surface area contributed by atoms with Crippen LogP contribution in [0.4, 0.5) is 0 Å². The first kappa shape index (κ1) is 9.10. The minimum atomic E-state index is -0.445. The Bertz CT molecular complexity index is 265. The largest absolute Gasteiger partial charge is 0.753 e. The molecular weight excluding hydrogens is 180 g/mol. The second-order valence-electron chi connectivity index (χ2n) is 3.42. The fourth-order valence-corrected chi connectivity index (χ4v) is 2.05. The summed E-state index contributed by atoms with van der Waals surface area (Å²) in [7, 11) is 0. The maximum atomic E-state index is 5.67. The van der Waals surface area contributed by atoms with E-state index in [-0.39, 0.29) is 0 Å². The topological polar surface area (TPSA) is 9.23 Å². The number of ether oxygens (including phenoxy) is 1. The average molecular weight is 193 g/mol. The average Bonchev–Trinajstić information content (AvgIpc) is 2.20. The van der Waals surface area contributed by atoms with E-state index in [9.17, 15) is 0 Å². The minimum Gasteiger partial charge on any atom is -0.753 e. The van der Waals surface area contributed by atoms with Crippen LogP contribution >= 0.6 is 0 Å². The second-order valence-corrected chi connectivity index (χ2v) is 4.08. The summed E-state index contributed by atoms with van der Waals surface area (Å²) in [5, 5.41) is 0. The molecule has 70 valence electrons. The summed E-state index contributed by atoms with van der Waals surface area (Å²) in [5.41, 5.74) is 1.13. The third kappa shape index (κ3) is 1.89. The molecule has 1 atom stereocenters. The van der Waals surface area contributed by atoms with Crippen molar-refractivity contribution in [1.29, 1.82) is 0 Å². The Kier molecular flexibility index (Phi) is 2.61. The lowest BCUT2D eigenvalue weighted by Gasteiger charge is -2.44. The molecule has 0 amide bonds. The molecule has 1 heterocycles. The molecule has 0 aliphatic carbocycles. The fourth-order valence-electron chi connectivity index (χ4n) is 1.69. The zero-order valence-electron chi connectivity index (χ0n) is 7.53. The van der Waals surface area contributed by atoms with Gasteiger partial charge < -0.3 is 17.4 Å².